The molecule has 6 nitrogen and oxygen atoms in total. The van der Waals surface area contributed by atoms with E-state index in [1.165, 1.54) is 0 Å². The Balaban J connectivity index is 1.63. The highest BCUT2D eigenvalue weighted by Gasteiger charge is 2.08. The fourth-order valence-electron chi connectivity index (χ4n) is 2.38. The monoisotopic (exact) mass is 315 g/mol. The third-order valence-electron chi connectivity index (χ3n) is 3.57. The van der Waals surface area contributed by atoms with Gasteiger partial charge in [-0.05, 0) is 42.5 Å². The highest BCUT2D eigenvalue weighted by atomic mass is 16.1. The predicted octanol–water partition coefficient (Wildman–Crippen LogP) is 3.07. The zero-order valence-corrected chi connectivity index (χ0v) is 12.6. The molecule has 2 aromatic heterocycles. The van der Waals surface area contributed by atoms with Gasteiger partial charge in [-0.3, -0.25) is 9.78 Å². The first-order valence-electron chi connectivity index (χ1n) is 7.43. The summed E-state index contributed by atoms with van der Waals surface area (Å²) in [6, 6.07) is 18.5. The number of pyridine rings is 1. The number of aromatic nitrogens is 4. The Hall–Kier alpha value is -3.54. The van der Waals surface area contributed by atoms with Gasteiger partial charge < -0.3 is 5.32 Å². The van der Waals surface area contributed by atoms with Crippen LogP contribution in [-0.2, 0) is 0 Å². The van der Waals surface area contributed by atoms with E-state index in [4.69, 9.17) is 0 Å². The van der Waals surface area contributed by atoms with Gasteiger partial charge in [-0.2, -0.15) is 4.80 Å². The number of carbonyl (C=O) groups excluding carboxylic acids is 1. The molecule has 4 aromatic rings. The lowest BCUT2D eigenvalue weighted by atomic mass is 10.2. The molecule has 4 rings (SSSR count). The van der Waals surface area contributed by atoms with Crippen LogP contribution >= 0.6 is 0 Å². The number of para-hydroxylation sites is 1. The van der Waals surface area contributed by atoms with Crippen molar-refractivity contribution in [1.29, 1.82) is 0 Å². The second kappa shape index (κ2) is 5.92. The van der Waals surface area contributed by atoms with E-state index in [9.17, 15) is 4.79 Å². The van der Waals surface area contributed by atoms with Crippen LogP contribution < -0.4 is 5.32 Å². The average Bonchev–Trinajstić information content (AvgIpc) is 3.06. The van der Waals surface area contributed by atoms with E-state index in [1.54, 1.807) is 35.4 Å². The Bertz CT molecular complexity index is 996. The molecule has 0 unspecified atom stereocenters. The summed E-state index contributed by atoms with van der Waals surface area (Å²) in [6.45, 7) is 0. The largest absolute Gasteiger partial charge is 0.322 e. The zero-order chi connectivity index (χ0) is 16.4. The van der Waals surface area contributed by atoms with E-state index in [1.807, 2.05) is 42.5 Å². The van der Waals surface area contributed by atoms with Gasteiger partial charge in [-0.1, -0.05) is 18.2 Å². The second-order valence-electron chi connectivity index (χ2n) is 5.22. The van der Waals surface area contributed by atoms with Gasteiger partial charge in [0.25, 0.3) is 5.91 Å². The SMILES string of the molecule is O=C(Nc1ccc2nn(-c3ccccc3)nc2c1)c1ccncc1. The lowest BCUT2D eigenvalue weighted by molar-refractivity contribution is 0.102. The maximum atomic E-state index is 12.2. The summed E-state index contributed by atoms with van der Waals surface area (Å²) in [7, 11) is 0. The van der Waals surface area contributed by atoms with E-state index >= 15 is 0 Å². The number of nitrogens with zero attached hydrogens (tertiary/aromatic N) is 4. The number of anilines is 1. The summed E-state index contributed by atoms with van der Waals surface area (Å²) < 4.78 is 0. The van der Waals surface area contributed by atoms with Gasteiger partial charge in [0.05, 0.1) is 5.69 Å². The van der Waals surface area contributed by atoms with Crippen LogP contribution in [0.15, 0.2) is 73.1 Å². The van der Waals surface area contributed by atoms with Crippen molar-refractivity contribution >= 4 is 22.6 Å². The van der Waals surface area contributed by atoms with Crippen molar-refractivity contribution in [2.45, 2.75) is 0 Å². The Morgan fingerprint density at radius 3 is 2.42 bits per heavy atom. The average molecular weight is 315 g/mol. The molecule has 6 heteroatoms. The molecule has 0 aliphatic rings. The van der Waals surface area contributed by atoms with Gasteiger partial charge in [-0.25, -0.2) is 0 Å². The van der Waals surface area contributed by atoms with Crippen LogP contribution in [0.3, 0.4) is 0 Å². The standard InChI is InChI=1S/C18H13N5O/c24-18(13-8-10-19-11-9-13)20-14-6-7-16-17(12-14)22-23(21-16)15-4-2-1-3-5-15/h1-12H,(H,20,24). The number of fused-ring (bicyclic) bond motifs is 1. The molecule has 2 heterocycles. The fraction of sp³-hybridized carbons (Fsp3) is 0. The van der Waals surface area contributed by atoms with E-state index in [-0.39, 0.29) is 5.91 Å². The molecule has 0 spiro atoms. The number of carbonyl (C=O) groups is 1. The van der Waals surface area contributed by atoms with Crippen molar-refractivity contribution in [1.82, 2.24) is 20.0 Å². The van der Waals surface area contributed by atoms with Crippen LogP contribution in [0.2, 0.25) is 0 Å². The smallest absolute Gasteiger partial charge is 0.255 e. The summed E-state index contributed by atoms with van der Waals surface area (Å²) in [5.74, 6) is -0.188. The van der Waals surface area contributed by atoms with Crippen LogP contribution in [0.4, 0.5) is 5.69 Å². The van der Waals surface area contributed by atoms with Crippen molar-refractivity contribution in [3.05, 3.63) is 78.6 Å². The van der Waals surface area contributed by atoms with Crippen molar-refractivity contribution in [3.63, 3.8) is 0 Å². The van der Waals surface area contributed by atoms with Gasteiger partial charge in [0.2, 0.25) is 0 Å². The lowest BCUT2D eigenvalue weighted by Crippen LogP contribution is -2.11. The molecule has 24 heavy (non-hydrogen) atoms. The maximum absolute atomic E-state index is 12.2. The Morgan fingerprint density at radius 2 is 1.62 bits per heavy atom. The molecule has 0 aliphatic heterocycles. The molecule has 116 valence electrons. The van der Waals surface area contributed by atoms with Gasteiger partial charge in [-0.15, -0.1) is 10.2 Å². The maximum Gasteiger partial charge on any atom is 0.255 e. The number of hydrogen-bond donors (Lipinski definition) is 1. The topological polar surface area (TPSA) is 72.7 Å². The molecule has 0 radical (unpaired) electrons. The molecule has 1 amide bonds. The van der Waals surface area contributed by atoms with Crippen molar-refractivity contribution in [3.8, 4) is 5.69 Å². The van der Waals surface area contributed by atoms with Gasteiger partial charge in [0, 0.05) is 23.6 Å². The molecule has 0 saturated heterocycles. The summed E-state index contributed by atoms with van der Waals surface area (Å²) in [5, 5.41) is 11.8. The van der Waals surface area contributed by atoms with Crippen molar-refractivity contribution in [2.75, 3.05) is 5.32 Å². The third kappa shape index (κ3) is 2.72. The highest BCUT2D eigenvalue weighted by molar-refractivity contribution is 6.04. The van der Waals surface area contributed by atoms with E-state index in [2.05, 4.69) is 20.5 Å². The Labute approximate surface area is 137 Å². The number of benzene rings is 2. The molecular weight excluding hydrogens is 302 g/mol. The van der Waals surface area contributed by atoms with E-state index in [0.717, 1.165) is 11.2 Å². The summed E-state index contributed by atoms with van der Waals surface area (Å²) in [5.41, 5.74) is 3.59. The molecule has 0 aliphatic carbocycles. The van der Waals surface area contributed by atoms with Gasteiger partial charge in [0.1, 0.15) is 11.0 Å². The van der Waals surface area contributed by atoms with Crippen molar-refractivity contribution in [2.24, 2.45) is 0 Å². The normalized spacial score (nSPS) is 10.7. The van der Waals surface area contributed by atoms with Gasteiger partial charge >= 0.3 is 0 Å². The van der Waals surface area contributed by atoms with Crippen LogP contribution in [0.25, 0.3) is 16.7 Å². The zero-order valence-electron chi connectivity index (χ0n) is 12.6. The van der Waals surface area contributed by atoms with Gasteiger partial charge in [0.15, 0.2) is 0 Å². The number of hydrogen-bond acceptors (Lipinski definition) is 4. The lowest BCUT2D eigenvalue weighted by Gasteiger charge is -2.04. The first kappa shape index (κ1) is 14.1. The molecular formula is C18H13N5O. The summed E-state index contributed by atoms with van der Waals surface area (Å²) in [4.78, 5) is 17.7. The van der Waals surface area contributed by atoms with Crippen LogP contribution in [0.5, 0.6) is 0 Å². The first-order valence-corrected chi connectivity index (χ1v) is 7.43. The Kier molecular flexibility index (Phi) is 3.47. The molecule has 2 aromatic carbocycles. The molecule has 0 bridgehead atoms. The Morgan fingerprint density at radius 1 is 0.875 bits per heavy atom. The minimum absolute atomic E-state index is 0.188. The van der Waals surface area contributed by atoms with Crippen LogP contribution in [-0.4, -0.2) is 25.9 Å². The quantitative estimate of drug-likeness (QED) is 0.630. The minimum atomic E-state index is -0.188. The minimum Gasteiger partial charge on any atom is -0.322 e. The highest BCUT2D eigenvalue weighted by Crippen LogP contribution is 2.18. The predicted molar refractivity (Wildman–Crippen MR) is 91.1 cm³/mol. The van der Waals surface area contributed by atoms with Crippen molar-refractivity contribution < 1.29 is 4.79 Å². The second-order valence-corrected chi connectivity index (χ2v) is 5.22. The van der Waals surface area contributed by atoms with E-state index in [0.29, 0.717) is 16.8 Å². The number of nitrogens with one attached hydrogen (secondary N) is 1. The fourth-order valence-corrected chi connectivity index (χ4v) is 2.38. The summed E-state index contributed by atoms with van der Waals surface area (Å²) in [6.07, 6.45) is 3.17. The molecule has 0 atom stereocenters. The molecule has 0 saturated carbocycles. The van der Waals surface area contributed by atoms with E-state index < -0.39 is 0 Å². The van der Waals surface area contributed by atoms with Crippen LogP contribution in [0, 0.1) is 0 Å². The third-order valence-corrected chi connectivity index (χ3v) is 3.57. The number of amides is 1. The number of rotatable bonds is 3. The molecule has 1 N–H and O–H groups in total. The summed E-state index contributed by atoms with van der Waals surface area (Å²) >= 11 is 0. The molecule has 0 fully saturated rings. The van der Waals surface area contributed by atoms with Crippen LogP contribution in [0.1, 0.15) is 10.4 Å². The first-order chi connectivity index (χ1) is 11.8.